The molecule has 2 aromatic rings. The van der Waals surface area contributed by atoms with Crippen molar-refractivity contribution in [1.82, 2.24) is 0 Å². The summed E-state index contributed by atoms with van der Waals surface area (Å²) in [5.74, 6) is -0.230. The highest BCUT2D eigenvalue weighted by Gasteiger charge is 2.05. The first-order valence-electron chi connectivity index (χ1n) is 3.78. The van der Waals surface area contributed by atoms with E-state index in [-0.39, 0.29) is 5.82 Å². The summed E-state index contributed by atoms with van der Waals surface area (Å²) in [5, 5.41) is 2.56. The summed E-state index contributed by atoms with van der Waals surface area (Å²) in [6, 6.07) is 6.29. The Morgan fingerprint density at radius 3 is 2.46 bits per heavy atom. The summed E-state index contributed by atoms with van der Waals surface area (Å²) in [4.78, 5) is 2.99. The van der Waals surface area contributed by atoms with E-state index >= 15 is 0 Å². The van der Waals surface area contributed by atoms with Crippen LogP contribution in [0.4, 0.5) is 9.52 Å². The van der Waals surface area contributed by atoms with E-state index in [9.17, 15) is 4.39 Å². The third kappa shape index (κ3) is 1.67. The molecule has 1 aromatic carbocycles. The molecule has 0 saturated heterocycles. The largest absolute Gasteiger partial charge is 0.329 e. The van der Waals surface area contributed by atoms with E-state index in [0.29, 0.717) is 5.13 Å². The Morgan fingerprint density at radius 2 is 1.92 bits per heavy atom. The maximum atomic E-state index is 12.6. The molecule has 2 rings (SSSR count). The molecule has 2 nitrogen and oxygen atoms in total. The number of rotatable bonds is 1. The van der Waals surface area contributed by atoms with Crippen LogP contribution in [0.5, 0.6) is 0 Å². The summed E-state index contributed by atoms with van der Waals surface area (Å²) in [6.07, 6.45) is 0. The lowest BCUT2D eigenvalue weighted by Crippen LogP contribution is -2.06. The normalized spacial score (nSPS) is 10.2. The van der Waals surface area contributed by atoms with Gasteiger partial charge in [0, 0.05) is 10.9 Å². The molecule has 13 heavy (non-hydrogen) atoms. The number of anilines is 1. The van der Waals surface area contributed by atoms with Crippen molar-refractivity contribution in [2.45, 2.75) is 0 Å². The minimum atomic E-state index is -0.230. The molecular weight excluding hydrogens is 187 g/mol. The summed E-state index contributed by atoms with van der Waals surface area (Å²) in [7, 11) is 0. The average molecular weight is 195 g/mol. The van der Waals surface area contributed by atoms with Gasteiger partial charge >= 0.3 is 5.13 Å². The lowest BCUT2D eigenvalue weighted by atomic mass is 10.2. The van der Waals surface area contributed by atoms with Crippen LogP contribution < -0.4 is 10.7 Å². The Hall–Kier alpha value is -1.42. The van der Waals surface area contributed by atoms with E-state index in [4.69, 9.17) is 5.73 Å². The third-order valence-electron chi connectivity index (χ3n) is 1.72. The molecule has 0 spiro atoms. The molecule has 1 aromatic heterocycles. The van der Waals surface area contributed by atoms with Gasteiger partial charge in [0.05, 0.1) is 0 Å². The van der Waals surface area contributed by atoms with Crippen molar-refractivity contribution in [3.05, 3.63) is 35.5 Å². The Bertz CT molecular complexity index is 408. The van der Waals surface area contributed by atoms with Gasteiger partial charge in [0.15, 0.2) is 0 Å². The number of H-pyrrole nitrogens is 1. The van der Waals surface area contributed by atoms with Crippen LogP contribution in [0.1, 0.15) is 0 Å². The number of halogens is 1. The van der Waals surface area contributed by atoms with Gasteiger partial charge in [0.1, 0.15) is 11.5 Å². The molecule has 0 radical (unpaired) electrons. The fourth-order valence-electron chi connectivity index (χ4n) is 1.08. The Labute approximate surface area is 78.9 Å². The van der Waals surface area contributed by atoms with Gasteiger partial charge < -0.3 is 0 Å². The molecule has 0 atom stereocenters. The highest BCUT2D eigenvalue weighted by molar-refractivity contribution is 7.13. The first-order valence-corrected chi connectivity index (χ1v) is 4.66. The molecule has 0 unspecified atom stereocenters. The van der Waals surface area contributed by atoms with Crippen molar-refractivity contribution in [3.8, 4) is 11.3 Å². The second-order valence-electron chi connectivity index (χ2n) is 2.65. The molecule has 4 heteroatoms. The van der Waals surface area contributed by atoms with Crippen LogP contribution in [0.15, 0.2) is 29.6 Å². The second kappa shape index (κ2) is 3.14. The lowest BCUT2D eigenvalue weighted by Gasteiger charge is -1.92. The van der Waals surface area contributed by atoms with E-state index in [1.807, 2.05) is 5.38 Å². The standard InChI is InChI=1S/C9H7FN2S/c10-7-3-1-6(2-4-7)8-5-13-9(11)12-8/h1-5H,(H2,11,12)/p+1. The van der Waals surface area contributed by atoms with E-state index < -0.39 is 0 Å². The summed E-state index contributed by atoms with van der Waals surface area (Å²) in [5.41, 5.74) is 7.39. The predicted octanol–water partition coefficient (Wildman–Crippen LogP) is 1.95. The molecule has 0 saturated carbocycles. The molecule has 0 aliphatic heterocycles. The van der Waals surface area contributed by atoms with Crippen LogP contribution in [0.25, 0.3) is 11.3 Å². The fourth-order valence-corrected chi connectivity index (χ4v) is 1.69. The zero-order valence-corrected chi connectivity index (χ0v) is 7.57. The number of nitrogens with two attached hydrogens (primary N) is 1. The summed E-state index contributed by atoms with van der Waals surface area (Å²) < 4.78 is 12.6. The SMILES string of the molecule is Nc1[nH+]c(-c2ccc(F)cc2)cs1. The monoisotopic (exact) mass is 195 g/mol. The maximum absolute atomic E-state index is 12.6. The Morgan fingerprint density at radius 1 is 1.23 bits per heavy atom. The Balaban J connectivity index is 2.41. The minimum Gasteiger partial charge on any atom is -0.278 e. The van der Waals surface area contributed by atoms with E-state index in [0.717, 1.165) is 11.3 Å². The van der Waals surface area contributed by atoms with E-state index in [1.165, 1.54) is 23.5 Å². The lowest BCUT2D eigenvalue weighted by molar-refractivity contribution is -0.340. The number of hydrogen-bond acceptors (Lipinski definition) is 2. The van der Waals surface area contributed by atoms with Crippen LogP contribution in [0, 0.1) is 5.82 Å². The van der Waals surface area contributed by atoms with E-state index in [1.54, 1.807) is 12.1 Å². The first kappa shape index (κ1) is 8.19. The molecule has 0 amide bonds. The number of hydrogen-bond donors (Lipinski definition) is 1. The molecule has 0 aliphatic rings. The van der Waals surface area contributed by atoms with Crippen LogP contribution in [-0.4, -0.2) is 0 Å². The van der Waals surface area contributed by atoms with Crippen molar-refractivity contribution in [1.29, 1.82) is 0 Å². The zero-order valence-electron chi connectivity index (χ0n) is 6.75. The van der Waals surface area contributed by atoms with Gasteiger partial charge in [-0.15, -0.1) is 0 Å². The van der Waals surface area contributed by atoms with Gasteiger partial charge in [-0.05, 0) is 24.3 Å². The highest BCUT2D eigenvalue weighted by atomic mass is 32.1. The smallest absolute Gasteiger partial charge is 0.278 e. The molecular formula is C9H8FN2S+. The van der Waals surface area contributed by atoms with E-state index in [2.05, 4.69) is 4.98 Å². The van der Waals surface area contributed by atoms with Crippen molar-refractivity contribution in [2.24, 2.45) is 0 Å². The number of thiazole rings is 1. The third-order valence-corrected chi connectivity index (χ3v) is 2.43. The Kier molecular flexibility index (Phi) is 1.98. The average Bonchev–Trinajstić information content (AvgIpc) is 2.53. The molecule has 3 N–H and O–H groups in total. The van der Waals surface area contributed by atoms with Crippen molar-refractivity contribution >= 4 is 16.5 Å². The highest BCUT2D eigenvalue weighted by Crippen LogP contribution is 2.18. The van der Waals surface area contributed by atoms with Gasteiger partial charge in [0.25, 0.3) is 0 Å². The number of aromatic amines is 1. The van der Waals surface area contributed by atoms with Crippen LogP contribution in [0.2, 0.25) is 0 Å². The summed E-state index contributed by atoms with van der Waals surface area (Å²) >= 11 is 1.43. The molecule has 0 bridgehead atoms. The van der Waals surface area contributed by atoms with Gasteiger partial charge in [-0.3, -0.25) is 5.73 Å². The maximum Gasteiger partial charge on any atom is 0.329 e. The van der Waals surface area contributed by atoms with Crippen molar-refractivity contribution < 1.29 is 9.37 Å². The fraction of sp³-hybridized carbons (Fsp3) is 0. The van der Waals surface area contributed by atoms with Crippen molar-refractivity contribution in [3.63, 3.8) is 0 Å². The molecule has 1 heterocycles. The first-order chi connectivity index (χ1) is 6.25. The number of benzene rings is 1. The van der Waals surface area contributed by atoms with Gasteiger partial charge in [-0.2, -0.15) is 0 Å². The van der Waals surface area contributed by atoms with Crippen LogP contribution in [0.3, 0.4) is 0 Å². The number of aromatic nitrogens is 1. The predicted molar refractivity (Wildman–Crippen MR) is 50.7 cm³/mol. The molecule has 0 fully saturated rings. The topological polar surface area (TPSA) is 40.2 Å². The van der Waals surface area contributed by atoms with Gasteiger partial charge in [-0.25, -0.2) is 9.37 Å². The quantitative estimate of drug-likeness (QED) is 0.742. The molecule has 66 valence electrons. The number of nitrogens with one attached hydrogen (secondary N) is 1. The number of nitrogen functional groups attached to an aromatic ring is 1. The minimum absolute atomic E-state index is 0.230. The summed E-state index contributed by atoms with van der Waals surface area (Å²) in [6.45, 7) is 0. The van der Waals surface area contributed by atoms with Gasteiger partial charge in [0.2, 0.25) is 0 Å². The second-order valence-corrected chi connectivity index (χ2v) is 3.56. The zero-order chi connectivity index (χ0) is 9.26. The van der Waals surface area contributed by atoms with Crippen LogP contribution >= 0.6 is 11.3 Å². The van der Waals surface area contributed by atoms with Crippen molar-refractivity contribution in [2.75, 3.05) is 5.73 Å². The van der Waals surface area contributed by atoms with Gasteiger partial charge in [-0.1, -0.05) is 11.3 Å². The molecule has 0 aliphatic carbocycles. The van der Waals surface area contributed by atoms with Crippen LogP contribution in [-0.2, 0) is 0 Å².